The van der Waals surface area contributed by atoms with Crippen LogP contribution in [0.5, 0.6) is 0 Å². The Morgan fingerprint density at radius 1 is 1.15 bits per heavy atom. The highest BCUT2D eigenvalue weighted by Gasteiger charge is 2.55. The normalized spacial score (nSPS) is 19.4. The van der Waals surface area contributed by atoms with Crippen molar-refractivity contribution in [1.82, 2.24) is 10.2 Å². The number of oxime groups is 1. The maximum atomic E-state index is 13.1. The van der Waals surface area contributed by atoms with Crippen molar-refractivity contribution in [2.75, 3.05) is 45.2 Å². The summed E-state index contributed by atoms with van der Waals surface area (Å²) in [5, 5.41) is 5.09. The first-order valence-electron chi connectivity index (χ1n) is 12.1. The highest BCUT2D eigenvalue weighted by atomic mass is 32.2. The Hall–Kier alpha value is -3.02. The lowest BCUT2D eigenvalue weighted by Gasteiger charge is -2.49. The molecule has 0 radical (unpaired) electrons. The van der Waals surface area contributed by atoms with Gasteiger partial charge in [-0.2, -0.15) is 8.42 Å². The Morgan fingerprint density at radius 3 is 2.40 bits per heavy atom. The number of amides is 2. The van der Waals surface area contributed by atoms with E-state index in [0.29, 0.717) is 5.57 Å². The van der Waals surface area contributed by atoms with E-state index in [-0.39, 0.29) is 24.7 Å². The summed E-state index contributed by atoms with van der Waals surface area (Å²) in [4.78, 5) is 69.3. The maximum Gasteiger partial charge on any atom is 0.358 e. The highest BCUT2D eigenvalue weighted by Crippen LogP contribution is 2.40. The summed E-state index contributed by atoms with van der Waals surface area (Å²) >= 11 is 1.22. The molecule has 15 nitrogen and oxygen atoms in total. The van der Waals surface area contributed by atoms with Gasteiger partial charge in [-0.05, 0) is 40.2 Å². The van der Waals surface area contributed by atoms with Gasteiger partial charge in [0, 0.05) is 12.9 Å². The first-order chi connectivity index (χ1) is 18.7. The number of nitrogens with zero attached hydrogens (tertiary/aromatic N) is 2. The number of esters is 2. The lowest BCUT2D eigenvalue weighted by molar-refractivity contribution is -0.173. The molecule has 224 valence electrons. The Bertz CT molecular complexity index is 1190. The van der Waals surface area contributed by atoms with Gasteiger partial charge in [-0.15, -0.1) is 11.8 Å². The van der Waals surface area contributed by atoms with Gasteiger partial charge in [-0.25, -0.2) is 4.79 Å². The number of carbonyl (C=O) groups excluding carboxylic acids is 5. The minimum absolute atomic E-state index is 0.00358. The fourth-order valence-electron chi connectivity index (χ4n) is 3.23. The van der Waals surface area contributed by atoms with Crippen LogP contribution in [0.15, 0.2) is 16.4 Å². The van der Waals surface area contributed by atoms with E-state index in [2.05, 4.69) is 14.7 Å². The van der Waals surface area contributed by atoms with Crippen molar-refractivity contribution < 1.29 is 55.6 Å². The number of ketones is 1. The molecule has 0 aromatic rings. The van der Waals surface area contributed by atoms with Crippen LogP contribution in [0.2, 0.25) is 0 Å². The lowest BCUT2D eigenvalue weighted by Crippen LogP contribution is -2.71. The predicted octanol–water partition coefficient (Wildman–Crippen LogP) is -0.295. The summed E-state index contributed by atoms with van der Waals surface area (Å²) in [5.74, 6) is -4.55. The molecular formula is C23H33N3O12S2. The number of nitrogens with one attached hydrogen (secondary N) is 1. The first kappa shape index (κ1) is 33.2. The van der Waals surface area contributed by atoms with Gasteiger partial charge in [-0.1, -0.05) is 5.16 Å². The van der Waals surface area contributed by atoms with Crippen LogP contribution in [0, 0.1) is 5.41 Å². The van der Waals surface area contributed by atoms with E-state index in [1.807, 2.05) is 0 Å². The number of carbonyl (C=O) groups is 5. The molecule has 40 heavy (non-hydrogen) atoms. The van der Waals surface area contributed by atoms with Crippen LogP contribution in [0.3, 0.4) is 0 Å². The number of rotatable bonds is 14. The molecule has 0 spiro atoms. The Kier molecular flexibility index (Phi) is 11.7. The van der Waals surface area contributed by atoms with E-state index in [1.54, 1.807) is 27.7 Å². The topological polar surface area (TPSA) is 193 Å². The van der Waals surface area contributed by atoms with E-state index in [0.717, 1.165) is 4.90 Å². The molecule has 2 atom stereocenters. The minimum Gasteiger partial charge on any atom is -0.427 e. The molecule has 1 fully saturated rings. The van der Waals surface area contributed by atoms with Gasteiger partial charge < -0.3 is 24.4 Å². The average molecular weight is 608 g/mol. The van der Waals surface area contributed by atoms with Crippen LogP contribution >= 0.6 is 11.8 Å². The van der Waals surface area contributed by atoms with Gasteiger partial charge in [0.15, 0.2) is 0 Å². The van der Waals surface area contributed by atoms with Gasteiger partial charge in [0.25, 0.3) is 21.9 Å². The van der Waals surface area contributed by atoms with Crippen molar-refractivity contribution in [3.8, 4) is 0 Å². The molecule has 2 amide bonds. The van der Waals surface area contributed by atoms with E-state index in [4.69, 9.17) is 19.0 Å². The Labute approximate surface area is 236 Å². The number of ether oxygens (including phenoxy) is 3. The quantitative estimate of drug-likeness (QED) is 0.0515. The zero-order valence-corrected chi connectivity index (χ0v) is 24.6. The molecule has 2 aliphatic heterocycles. The highest BCUT2D eigenvalue weighted by molar-refractivity contribution is 8.00. The fraction of sp³-hybridized carbons (Fsp3) is 0.652. The number of methoxy groups -OCH3 is 1. The SMILES string of the molecule is CCON=C(C(=O)COS(=O)(=O)CC)C(=O)NC1C(=O)N2C(C(=O)OCOC(=O)C(C)(C)C)=C(COC)CS[C@@H]12. The second-order valence-electron chi connectivity index (χ2n) is 9.37. The van der Waals surface area contributed by atoms with Gasteiger partial charge >= 0.3 is 11.9 Å². The third-order valence-corrected chi connectivity index (χ3v) is 7.85. The van der Waals surface area contributed by atoms with E-state index in [9.17, 15) is 32.4 Å². The summed E-state index contributed by atoms with van der Waals surface area (Å²) in [5.41, 5.74) is -1.28. The number of fused-ring (bicyclic) bond motifs is 1. The summed E-state index contributed by atoms with van der Waals surface area (Å²) in [6.07, 6.45) is 0. The van der Waals surface area contributed by atoms with Crippen molar-refractivity contribution >= 4 is 57.1 Å². The van der Waals surface area contributed by atoms with E-state index < -0.39 is 81.3 Å². The smallest absolute Gasteiger partial charge is 0.358 e. The summed E-state index contributed by atoms with van der Waals surface area (Å²) in [6, 6.07) is -1.16. The number of hydrogen-bond donors (Lipinski definition) is 1. The van der Waals surface area contributed by atoms with Crippen molar-refractivity contribution in [3.63, 3.8) is 0 Å². The monoisotopic (exact) mass is 607 g/mol. The fourth-order valence-corrected chi connectivity index (χ4v) is 5.01. The van der Waals surface area contributed by atoms with Crippen LogP contribution in [0.1, 0.15) is 34.6 Å². The van der Waals surface area contributed by atoms with E-state index in [1.165, 1.54) is 25.8 Å². The molecule has 1 saturated heterocycles. The minimum atomic E-state index is -3.98. The molecule has 0 aliphatic carbocycles. The predicted molar refractivity (Wildman–Crippen MR) is 140 cm³/mol. The molecule has 2 heterocycles. The standard InChI is InChI=1S/C23H33N3O12S2/c1-7-37-25-15(14(27)10-38-40(32,33)8-2)18(28)24-16-19(29)26-17(13(9-34-6)11-39-20(16)26)21(30)35-12-36-22(31)23(3,4)5/h16,20H,7-12H2,1-6H3,(H,24,28)/t16?,20-/m0/s1. The van der Waals surface area contributed by atoms with Crippen LogP contribution in [-0.2, 0) is 57.3 Å². The molecule has 17 heteroatoms. The second-order valence-corrected chi connectivity index (χ2v) is 12.4. The van der Waals surface area contributed by atoms with Gasteiger partial charge in [0.1, 0.15) is 30.3 Å². The summed E-state index contributed by atoms with van der Waals surface area (Å²) < 4.78 is 42.9. The molecule has 1 unspecified atom stereocenters. The molecular weight excluding hydrogens is 574 g/mol. The number of Topliss-reactive ketones (excluding diaryl/α,β-unsaturated/α-hetero) is 1. The van der Waals surface area contributed by atoms with Crippen molar-refractivity contribution in [3.05, 3.63) is 11.3 Å². The number of thioether (sulfide) groups is 1. The second kappa shape index (κ2) is 14.0. The number of hydrogen-bond acceptors (Lipinski definition) is 14. The Morgan fingerprint density at radius 2 is 1.82 bits per heavy atom. The van der Waals surface area contributed by atoms with Crippen molar-refractivity contribution in [2.45, 2.75) is 46.0 Å². The first-order valence-corrected chi connectivity index (χ1v) is 14.7. The third kappa shape index (κ3) is 8.25. The van der Waals surface area contributed by atoms with Crippen molar-refractivity contribution in [2.24, 2.45) is 10.6 Å². The zero-order chi connectivity index (χ0) is 30.3. The number of β-lactam (4-membered cyclic amide) rings is 1. The van der Waals surface area contributed by atoms with Crippen LogP contribution in [0.25, 0.3) is 0 Å². The van der Waals surface area contributed by atoms with Gasteiger partial charge in [-0.3, -0.25) is 28.3 Å². The summed E-state index contributed by atoms with van der Waals surface area (Å²) in [6.45, 7) is 6.09. The van der Waals surface area contributed by atoms with Gasteiger partial charge in [0.2, 0.25) is 18.3 Å². The lowest BCUT2D eigenvalue weighted by atomic mass is 9.98. The van der Waals surface area contributed by atoms with Gasteiger partial charge in [0.05, 0.1) is 17.8 Å². The van der Waals surface area contributed by atoms with Crippen LogP contribution < -0.4 is 5.32 Å². The van der Waals surface area contributed by atoms with Crippen molar-refractivity contribution in [1.29, 1.82) is 0 Å². The molecule has 0 aromatic heterocycles. The molecule has 2 aliphatic rings. The van der Waals surface area contributed by atoms with Crippen LogP contribution in [0.4, 0.5) is 0 Å². The third-order valence-electron chi connectivity index (χ3n) is 5.33. The molecule has 0 bridgehead atoms. The largest absolute Gasteiger partial charge is 0.427 e. The zero-order valence-electron chi connectivity index (χ0n) is 23.0. The molecule has 2 rings (SSSR count). The molecule has 0 saturated carbocycles. The van der Waals surface area contributed by atoms with E-state index >= 15 is 0 Å². The summed E-state index contributed by atoms with van der Waals surface area (Å²) in [7, 11) is -2.57. The van der Waals surface area contributed by atoms with Crippen LogP contribution in [-0.4, -0.2) is 105 Å². The molecule has 0 aromatic carbocycles. The maximum absolute atomic E-state index is 13.1. The average Bonchev–Trinajstić information content (AvgIpc) is 2.89. The Balaban J connectivity index is 2.16. The molecule has 1 N–H and O–H groups in total.